The first-order valence-corrected chi connectivity index (χ1v) is 8.96. The average Bonchev–Trinajstić information content (AvgIpc) is 3.18. The van der Waals surface area contributed by atoms with E-state index in [9.17, 15) is 4.79 Å². The van der Waals surface area contributed by atoms with Crippen molar-refractivity contribution in [1.82, 2.24) is 14.8 Å². The van der Waals surface area contributed by atoms with Crippen molar-refractivity contribution >= 4 is 22.9 Å². The Morgan fingerprint density at radius 1 is 1.12 bits per heavy atom. The van der Waals surface area contributed by atoms with Crippen LogP contribution in [0.2, 0.25) is 0 Å². The number of nitrogens with zero attached hydrogens (tertiary/aromatic N) is 2. The Labute approximate surface area is 148 Å². The third kappa shape index (κ3) is 3.13. The van der Waals surface area contributed by atoms with Crippen molar-refractivity contribution in [2.45, 2.75) is 24.8 Å². The third-order valence-electron chi connectivity index (χ3n) is 4.15. The number of aryl methyl sites for hydroxylation is 2. The summed E-state index contributed by atoms with van der Waals surface area (Å²) in [4.78, 5) is 16.7. The molecule has 4 rings (SSSR count). The minimum absolute atomic E-state index is 0.0728. The van der Waals surface area contributed by atoms with Crippen LogP contribution < -0.4 is 5.56 Å². The number of rotatable bonds is 4. The molecular weight excluding hydrogens is 334 g/mol. The zero-order valence-electron chi connectivity index (χ0n) is 13.9. The van der Waals surface area contributed by atoms with Crippen LogP contribution in [0.4, 0.5) is 0 Å². The molecule has 0 radical (unpaired) electrons. The van der Waals surface area contributed by atoms with Crippen LogP contribution in [-0.4, -0.2) is 14.8 Å². The van der Waals surface area contributed by atoms with Gasteiger partial charge in [0, 0.05) is 17.5 Å². The summed E-state index contributed by atoms with van der Waals surface area (Å²) in [7, 11) is 0. The van der Waals surface area contributed by atoms with Gasteiger partial charge < -0.3 is 4.42 Å². The maximum Gasteiger partial charge on any atom is 0.271 e. The molecule has 126 valence electrons. The first kappa shape index (κ1) is 15.8. The molecule has 0 atom stereocenters. The molecule has 25 heavy (non-hydrogen) atoms. The fraction of sp³-hybridized carbons (Fsp3) is 0.158. The highest BCUT2D eigenvalue weighted by Crippen LogP contribution is 2.25. The van der Waals surface area contributed by atoms with E-state index in [-0.39, 0.29) is 5.56 Å². The molecule has 0 unspecified atom stereocenters. The molecule has 2 aromatic heterocycles. The number of H-pyrrole nitrogens is 1. The van der Waals surface area contributed by atoms with Gasteiger partial charge in [0.2, 0.25) is 0 Å². The lowest BCUT2D eigenvalue weighted by Crippen LogP contribution is -2.13. The summed E-state index contributed by atoms with van der Waals surface area (Å²) >= 11 is 1.46. The first-order valence-electron chi connectivity index (χ1n) is 7.97. The summed E-state index contributed by atoms with van der Waals surface area (Å²) in [6.45, 7) is 4.09. The Bertz CT molecular complexity index is 1070. The van der Waals surface area contributed by atoms with E-state index in [0.717, 1.165) is 28.0 Å². The summed E-state index contributed by atoms with van der Waals surface area (Å²) in [6.07, 6.45) is 0. The van der Waals surface area contributed by atoms with Crippen LogP contribution in [0, 0.1) is 13.8 Å². The molecule has 0 saturated carbocycles. The van der Waals surface area contributed by atoms with Gasteiger partial charge in [-0.15, -0.1) is 0 Å². The molecule has 4 aromatic rings. The van der Waals surface area contributed by atoms with Crippen LogP contribution in [0.1, 0.15) is 16.8 Å². The standard InChI is InChI=1S/C19H17N3O2S/c1-12-7-8-15(9-13(12)2)22-18(23)10-14(21-22)11-25-19-20-16-5-3-4-6-17(16)24-19/h3-10,21H,11H2,1-2H3. The number of hydrogen-bond donors (Lipinski definition) is 1. The van der Waals surface area contributed by atoms with Gasteiger partial charge in [0.1, 0.15) is 5.52 Å². The monoisotopic (exact) mass is 351 g/mol. The minimum atomic E-state index is -0.0728. The Morgan fingerprint density at radius 3 is 2.76 bits per heavy atom. The number of para-hydroxylation sites is 2. The fourth-order valence-electron chi connectivity index (χ4n) is 2.63. The van der Waals surface area contributed by atoms with E-state index < -0.39 is 0 Å². The minimum Gasteiger partial charge on any atom is -0.431 e. The van der Waals surface area contributed by atoms with Gasteiger partial charge in [0.15, 0.2) is 5.58 Å². The second kappa shape index (κ2) is 6.29. The number of nitrogens with one attached hydrogen (secondary N) is 1. The molecule has 1 N–H and O–H groups in total. The van der Waals surface area contributed by atoms with Crippen molar-refractivity contribution in [3.8, 4) is 5.69 Å². The Kier molecular flexibility index (Phi) is 3.97. The Morgan fingerprint density at radius 2 is 1.96 bits per heavy atom. The van der Waals surface area contributed by atoms with Crippen molar-refractivity contribution in [3.05, 3.63) is 75.7 Å². The van der Waals surface area contributed by atoms with Crippen LogP contribution in [0.3, 0.4) is 0 Å². The molecule has 0 fully saturated rings. The van der Waals surface area contributed by atoms with Gasteiger partial charge in [-0.25, -0.2) is 9.67 Å². The predicted octanol–water partition coefficient (Wildman–Crippen LogP) is 4.22. The van der Waals surface area contributed by atoms with Gasteiger partial charge in [-0.2, -0.15) is 0 Å². The normalized spacial score (nSPS) is 11.3. The van der Waals surface area contributed by atoms with Gasteiger partial charge in [0.25, 0.3) is 10.8 Å². The lowest BCUT2D eigenvalue weighted by Gasteiger charge is -2.05. The molecule has 5 nitrogen and oxygen atoms in total. The quantitative estimate of drug-likeness (QED) is 0.559. The van der Waals surface area contributed by atoms with Crippen LogP contribution in [0.15, 0.2) is 63.0 Å². The summed E-state index contributed by atoms with van der Waals surface area (Å²) in [5.41, 5.74) is 5.56. The van der Waals surface area contributed by atoms with Gasteiger partial charge >= 0.3 is 0 Å². The number of benzene rings is 2. The van der Waals surface area contributed by atoms with E-state index in [1.165, 1.54) is 17.3 Å². The van der Waals surface area contributed by atoms with E-state index in [1.807, 2.05) is 49.4 Å². The number of fused-ring (bicyclic) bond motifs is 1. The predicted molar refractivity (Wildman–Crippen MR) is 99.4 cm³/mol. The number of aromatic nitrogens is 3. The molecule has 2 heterocycles. The highest BCUT2D eigenvalue weighted by Gasteiger charge is 2.10. The van der Waals surface area contributed by atoms with Crippen LogP contribution in [0.25, 0.3) is 16.8 Å². The number of aromatic amines is 1. The fourth-order valence-corrected chi connectivity index (χ4v) is 3.37. The van der Waals surface area contributed by atoms with Gasteiger partial charge in [-0.3, -0.25) is 9.89 Å². The Balaban J connectivity index is 1.55. The molecule has 0 bridgehead atoms. The van der Waals surface area contributed by atoms with E-state index in [1.54, 1.807) is 10.7 Å². The number of oxazole rings is 1. The highest BCUT2D eigenvalue weighted by molar-refractivity contribution is 7.98. The van der Waals surface area contributed by atoms with Crippen molar-refractivity contribution in [2.75, 3.05) is 0 Å². The van der Waals surface area contributed by atoms with Crippen LogP contribution >= 0.6 is 11.8 Å². The lowest BCUT2D eigenvalue weighted by atomic mass is 10.1. The first-order chi connectivity index (χ1) is 12.1. The number of hydrogen-bond acceptors (Lipinski definition) is 4. The van der Waals surface area contributed by atoms with Gasteiger partial charge in [-0.1, -0.05) is 30.0 Å². The van der Waals surface area contributed by atoms with Crippen molar-refractivity contribution in [1.29, 1.82) is 0 Å². The van der Waals surface area contributed by atoms with E-state index in [2.05, 4.69) is 17.0 Å². The SMILES string of the molecule is Cc1ccc(-n2[nH]c(CSc3nc4ccccc4o3)cc2=O)cc1C. The molecule has 0 spiro atoms. The number of thioether (sulfide) groups is 1. The Hall–Kier alpha value is -2.73. The van der Waals surface area contributed by atoms with Crippen molar-refractivity contribution in [3.63, 3.8) is 0 Å². The summed E-state index contributed by atoms with van der Waals surface area (Å²) in [6, 6.07) is 15.2. The molecule has 0 aliphatic heterocycles. The lowest BCUT2D eigenvalue weighted by molar-refractivity contribution is 0.489. The largest absolute Gasteiger partial charge is 0.431 e. The van der Waals surface area contributed by atoms with Gasteiger partial charge in [-0.05, 0) is 49.2 Å². The molecule has 6 heteroatoms. The smallest absolute Gasteiger partial charge is 0.271 e. The zero-order chi connectivity index (χ0) is 17.4. The van der Waals surface area contributed by atoms with Crippen molar-refractivity contribution in [2.24, 2.45) is 0 Å². The maximum absolute atomic E-state index is 12.3. The zero-order valence-corrected chi connectivity index (χ0v) is 14.8. The maximum atomic E-state index is 12.3. The molecule has 0 aliphatic rings. The average molecular weight is 351 g/mol. The molecule has 0 saturated heterocycles. The van der Waals surface area contributed by atoms with Crippen LogP contribution in [-0.2, 0) is 5.75 Å². The van der Waals surface area contributed by atoms with E-state index in [0.29, 0.717) is 11.0 Å². The molecular formula is C19H17N3O2S. The summed E-state index contributed by atoms with van der Waals surface area (Å²) in [5, 5.41) is 3.76. The van der Waals surface area contributed by atoms with Crippen molar-refractivity contribution < 1.29 is 4.42 Å². The molecule has 0 aliphatic carbocycles. The summed E-state index contributed by atoms with van der Waals surface area (Å²) in [5.74, 6) is 0.583. The highest BCUT2D eigenvalue weighted by atomic mass is 32.2. The summed E-state index contributed by atoms with van der Waals surface area (Å²) < 4.78 is 7.26. The second-order valence-corrected chi connectivity index (χ2v) is 6.89. The third-order valence-corrected chi connectivity index (χ3v) is 5.02. The second-order valence-electron chi connectivity index (χ2n) is 5.96. The van der Waals surface area contributed by atoms with E-state index in [4.69, 9.17) is 4.42 Å². The van der Waals surface area contributed by atoms with E-state index >= 15 is 0 Å². The molecule has 0 amide bonds. The van der Waals surface area contributed by atoms with Crippen LogP contribution in [0.5, 0.6) is 0 Å². The topological polar surface area (TPSA) is 63.8 Å². The molecule has 2 aromatic carbocycles. The van der Waals surface area contributed by atoms with Gasteiger partial charge in [0.05, 0.1) is 5.69 Å².